The molecule has 4 aromatic rings. The van der Waals surface area contributed by atoms with Crippen LogP contribution >= 0.6 is 0 Å². The van der Waals surface area contributed by atoms with Gasteiger partial charge >= 0.3 is 0 Å². The van der Waals surface area contributed by atoms with Gasteiger partial charge in [-0.25, -0.2) is 9.61 Å². The van der Waals surface area contributed by atoms with Crippen molar-refractivity contribution in [2.45, 2.75) is 0 Å². The van der Waals surface area contributed by atoms with E-state index in [4.69, 9.17) is 0 Å². The number of aromatic nitrogens is 6. The maximum Gasteiger partial charge on any atom is 0.244 e. The van der Waals surface area contributed by atoms with Gasteiger partial charge in [0, 0.05) is 5.69 Å². The maximum absolute atomic E-state index is 4.68. The van der Waals surface area contributed by atoms with Gasteiger partial charge in [-0.05, 0) is 22.4 Å². The fourth-order valence-corrected chi connectivity index (χ4v) is 1.85. The van der Waals surface area contributed by atoms with Gasteiger partial charge in [0.05, 0.1) is 0 Å². The molecule has 0 aliphatic heterocycles. The minimum absolute atomic E-state index is 0.394. The molecule has 0 unspecified atom stereocenters. The summed E-state index contributed by atoms with van der Waals surface area (Å²) >= 11 is 0. The molecule has 8 heteroatoms. The lowest BCUT2D eigenvalue weighted by molar-refractivity contribution is 0.314. The molecule has 0 aliphatic rings. The molecule has 19 heavy (non-hydrogen) atoms. The molecule has 0 aliphatic carbocycles. The highest BCUT2D eigenvalue weighted by Gasteiger charge is 2.14. The SMILES string of the molecule is c1ccc(Nc2nc3nonc3n3cnnc23)cc1. The second-order valence-corrected chi connectivity index (χ2v) is 3.89. The van der Waals surface area contributed by atoms with Crippen LogP contribution in [0.1, 0.15) is 0 Å². The van der Waals surface area contributed by atoms with E-state index in [1.54, 1.807) is 10.7 Å². The lowest BCUT2D eigenvalue weighted by Crippen LogP contribution is -1.99. The van der Waals surface area contributed by atoms with E-state index in [-0.39, 0.29) is 0 Å². The van der Waals surface area contributed by atoms with Crippen molar-refractivity contribution in [3.05, 3.63) is 36.7 Å². The standard InChI is InChI=1S/C11H7N7O/c1-2-4-7(5-3-1)13-8-10-15-12-6-18(10)11-9(14-8)16-19-17-11/h1-6H,(H,13,14,16). The molecule has 8 nitrogen and oxygen atoms in total. The van der Waals surface area contributed by atoms with Gasteiger partial charge < -0.3 is 5.32 Å². The third kappa shape index (κ3) is 1.50. The van der Waals surface area contributed by atoms with E-state index < -0.39 is 0 Å². The van der Waals surface area contributed by atoms with E-state index in [0.717, 1.165) is 5.69 Å². The Hall–Kier alpha value is -3.03. The molecule has 1 aromatic carbocycles. The number of anilines is 2. The van der Waals surface area contributed by atoms with E-state index in [9.17, 15) is 0 Å². The van der Waals surface area contributed by atoms with Crippen LogP contribution in [0.3, 0.4) is 0 Å². The minimum atomic E-state index is 0.394. The Kier molecular flexibility index (Phi) is 1.95. The predicted molar refractivity (Wildman–Crippen MR) is 65.9 cm³/mol. The highest BCUT2D eigenvalue weighted by molar-refractivity contribution is 5.78. The van der Waals surface area contributed by atoms with Crippen LogP contribution in [-0.2, 0) is 0 Å². The first-order valence-corrected chi connectivity index (χ1v) is 5.56. The fraction of sp³-hybridized carbons (Fsp3) is 0. The minimum Gasteiger partial charge on any atom is -0.337 e. The average molecular weight is 253 g/mol. The largest absolute Gasteiger partial charge is 0.337 e. The van der Waals surface area contributed by atoms with Crippen LogP contribution in [0.2, 0.25) is 0 Å². The third-order valence-electron chi connectivity index (χ3n) is 2.70. The number of para-hydroxylation sites is 1. The van der Waals surface area contributed by atoms with E-state index >= 15 is 0 Å². The number of hydrogen-bond acceptors (Lipinski definition) is 7. The number of rotatable bonds is 2. The predicted octanol–water partition coefficient (Wildman–Crippen LogP) is 1.40. The molecule has 3 heterocycles. The van der Waals surface area contributed by atoms with Gasteiger partial charge in [0.15, 0.2) is 5.82 Å². The molecule has 92 valence electrons. The van der Waals surface area contributed by atoms with Crippen LogP contribution in [-0.4, -0.2) is 29.9 Å². The molecule has 0 saturated heterocycles. The van der Waals surface area contributed by atoms with Gasteiger partial charge in [-0.1, -0.05) is 18.2 Å². The molecule has 0 fully saturated rings. The first-order chi connectivity index (χ1) is 9.42. The Morgan fingerprint density at radius 2 is 1.95 bits per heavy atom. The molecular weight excluding hydrogens is 246 g/mol. The van der Waals surface area contributed by atoms with Crippen molar-refractivity contribution in [1.82, 2.24) is 29.9 Å². The third-order valence-corrected chi connectivity index (χ3v) is 2.70. The Morgan fingerprint density at radius 3 is 2.84 bits per heavy atom. The molecule has 4 rings (SSSR count). The quantitative estimate of drug-likeness (QED) is 0.577. The topological polar surface area (TPSA) is 94.0 Å². The molecular formula is C11H7N7O. The summed E-state index contributed by atoms with van der Waals surface area (Å²) in [6, 6.07) is 9.66. The summed E-state index contributed by atoms with van der Waals surface area (Å²) in [5.74, 6) is 0.548. The van der Waals surface area contributed by atoms with E-state index in [0.29, 0.717) is 22.8 Å². The lowest BCUT2D eigenvalue weighted by atomic mass is 10.3. The Bertz CT molecular complexity index is 851. The van der Waals surface area contributed by atoms with Crippen LogP contribution < -0.4 is 5.32 Å². The molecule has 1 N–H and O–H groups in total. The maximum atomic E-state index is 4.68. The van der Waals surface area contributed by atoms with Gasteiger partial charge in [0.25, 0.3) is 0 Å². The monoisotopic (exact) mass is 253 g/mol. The highest BCUT2D eigenvalue weighted by atomic mass is 16.6. The summed E-state index contributed by atoms with van der Waals surface area (Å²) in [4.78, 5) is 4.33. The lowest BCUT2D eigenvalue weighted by Gasteiger charge is -2.05. The second-order valence-electron chi connectivity index (χ2n) is 3.89. The Morgan fingerprint density at radius 1 is 1.05 bits per heavy atom. The van der Waals surface area contributed by atoms with Crippen molar-refractivity contribution in [3.8, 4) is 0 Å². The van der Waals surface area contributed by atoms with Crippen molar-refractivity contribution in [2.75, 3.05) is 5.32 Å². The molecule has 3 aromatic heterocycles. The number of nitrogens with one attached hydrogen (secondary N) is 1. The van der Waals surface area contributed by atoms with Crippen LogP contribution in [0.15, 0.2) is 41.3 Å². The summed E-state index contributed by atoms with van der Waals surface area (Å²) in [5.41, 5.74) is 2.34. The molecule has 0 atom stereocenters. The molecule has 0 spiro atoms. The average Bonchev–Trinajstić information content (AvgIpc) is 3.07. The zero-order chi connectivity index (χ0) is 12.7. The zero-order valence-electron chi connectivity index (χ0n) is 9.56. The zero-order valence-corrected chi connectivity index (χ0v) is 9.56. The van der Waals surface area contributed by atoms with Crippen LogP contribution in [0.5, 0.6) is 0 Å². The van der Waals surface area contributed by atoms with E-state index in [1.807, 2.05) is 30.3 Å². The van der Waals surface area contributed by atoms with Crippen LogP contribution in [0.4, 0.5) is 11.5 Å². The Balaban J connectivity index is 1.94. The first-order valence-electron chi connectivity index (χ1n) is 5.56. The number of benzene rings is 1. The van der Waals surface area contributed by atoms with Gasteiger partial charge in [-0.2, -0.15) is 0 Å². The van der Waals surface area contributed by atoms with Gasteiger partial charge in [0.1, 0.15) is 6.33 Å². The fourth-order valence-electron chi connectivity index (χ4n) is 1.85. The van der Waals surface area contributed by atoms with Gasteiger partial charge in [0.2, 0.25) is 16.9 Å². The second kappa shape index (κ2) is 3.73. The van der Waals surface area contributed by atoms with Crippen LogP contribution in [0, 0.1) is 0 Å². The smallest absolute Gasteiger partial charge is 0.244 e. The number of hydrogen-bond donors (Lipinski definition) is 1. The molecule has 0 amide bonds. The van der Waals surface area contributed by atoms with Crippen molar-refractivity contribution in [3.63, 3.8) is 0 Å². The van der Waals surface area contributed by atoms with E-state index in [1.165, 1.54) is 0 Å². The number of fused-ring (bicyclic) bond motifs is 3. The summed E-state index contributed by atoms with van der Waals surface area (Å²) in [6.45, 7) is 0. The molecule has 0 radical (unpaired) electrons. The van der Waals surface area contributed by atoms with E-state index in [2.05, 4.69) is 35.4 Å². The number of nitrogens with zero attached hydrogens (tertiary/aromatic N) is 6. The van der Waals surface area contributed by atoms with Crippen molar-refractivity contribution in [1.29, 1.82) is 0 Å². The van der Waals surface area contributed by atoms with Crippen LogP contribution in [0.25, 0.3) is 16.9 Å². The summed E-state index contributed by atoms with van der Waals surface area (Å²) < 4.78 is 6.35. The normalized spacial score (nSPS) is 11.2. The first kappa shape index (κ1) is 9.95. The highest BCUT2D eigenvalue weighted by Crippen LogP contribution is 2.21. The van der Waals surface area contributed by atoms with Crippen molar-refractivity contribution in [2.24, 2.45) is 0 Å². The van der Waals surface area contributed by atoms with Gasteiger partial charge in [-0.3, -0.25) is 4.40 Å². The van der Waals surface area contributed by atoms with Crippen molar-refractivity contribution >= 4 is 28.4 Å². The van der Waals surface area contributed by atoms with Gasteiger partial charge in [-0.15, -0.1) is 10.2 Å². The van der Waals surface area contributed by atoms with Crippen molar-refractivity contribution < 1.29 is 4.63 Å². The molecule has 0 bridgehead atoms. The summed E-state index contributed by atoms with van der Waals surface area (Å²) in [7, 11) is 0. The summed E-state index contributed by atoms with van der Waals surface area (Å²) in [6.07, 6.45) is 1.54. The summed E-state index contributed by atoms with van der Waals surface area (Å²) in [5, 5.41) is 18.6. The molecule has 0 saturated carbocycles. The Labute approximate surface area is 106 Å².